The van der Waals surface area contributed by atoms with E-state index in [0.29, 0.717) is 5.56 Å². The van der Waals surface area contributed by atoms with Gasteiger partial charge < -0.3 is 10.0 Å². The summed E-state index contributed by atoms with van der Waals surface area (Å²) in [6, 6.07) is 15.9. The SMILES string of the molecule is C[C@@H]1CN(Cc2ccccc2)CC[C@H]1N(C(=O)c1ccc([C@](C)(O)C(F)(F)F)cc1)C1CC1. The summed E-state index contributed by atoms with van der Waals surface area (Å²) in [7, 11) is 0. The third-order valence-electron chi connectivity index (χ3n) is 6.97. The molecule has 0 unspecified atom stereocenters. The van der Waals surface area contributed by atoms with E-state index >= 15 is 0 Å². The maximum atomic E-state index is 13.4. The van der Waals surface area contributed by atoms with Gasteiger partial charge in [-0.25, -0.2) is 0 Å². The molecule has 1 aliphatic carbocycles. The molecule has 0 radical (unpaired) electrons. The zero-order chi connectivity index (χ0) is 23.8. The van der Waals surface area contributed by atoms with Gasteiger partial charge in [-0.05, 0) is 55.4 Å². The van der Waals surface area contributed by atoms with Crippen LogP contribution < -0.4 is 0 Å². The highest BCUT2D eigenvalue weighted by atomic mass is 19.4. The van der Waals surface area contributed by atoms with Crippen LogP contribution in [-0.2, 0) is 12.1 Å². The van der Waals surface area contributed by atoms with Crippen LogP contribution in [0, 0.1) is 5.92 Å². The highest BCUT2D eigenvalue weighted by Gasteiger charge is 2.51. The molecule has 1 N–H and O–H groups in total. The van der Waals surface area contributed by atoms with E-state index in [4.69, 9.17) is 0 Å². The minimum absolute atomic E-state index is 0.106. The molecule has 1 heterocycles. The first-order chi connectivity index (χ1) is 15.6. The maximum absolute atomic E-state index is 13.4. The number of aliphatic hydroxyl groups is 1. The van der Waals surface area contributed by atoms with Crippen LogP contribution in [0.25, 0.3) is 0 Å². The molecule has 0 spiro atoms. The summed E-state index contributed by atoms with van der Waals surface area (Å²) in [6.07, 6.45) is -1.99. The van der Waals surface area contributed by atoms with Gasteiger partial charge in [-0.2, -0.15) is 13.2 Å². The van der Waals surface area contributed by atoms with E-state index in [1.165, 1.54) is 29.8 Å². The second-order valence-electron chi connectivity index (χ2n) is 9.64. The normalized spacial score (nSPS) is 23.7. The van der Waals surface area contributed by atoms with Crippen LogP contribution in [0.4, 0.5) is 13.2 Å². The van der Waals surface area contributed by atoms with Crippen LogP contribution in [0.5, 0.6) is 0 Å². The lowest BCUT2D eigenvalue weighted by molar-refractivity contribution is -0.258. The quantitative estimate of drug-likeness (QED) is 0.662. The number of halogens is 3. The van der Waals surface area contributed by atoms with Gasteiger partial charge in [0.25, 0.3) is 5.91 Å². The molecule has 1 amide bonds. The minimum atomic E-state index is -4.79. The summed E-state index contributed by atoms with van der Waals surface area (Å²) < 4.78 is 39.4. The summed E-state index contributed by atoms with van der Waals surface area (Å²) in [4.78, 5) is 17.8. The molecular formula is C26H31F3N2O2. The van der Waals surface area contributed by atoms with Crippen molar-refractivity contribution in [2.75, 3.05) is 13.1 Å². The largest absolute Gasteiger partial charge is 0.421 e. The van der Waals surface area contributed by atoms with Crippen molar-refractivity contribution in [3.8, 4) is 0 Å². The van der Waals surface area contributed by atoms with Crippen molar-refractivity contribution in [3.63, 3.8) is 0 Å². The standard InChI is InChI=1S/C26H31F3N2O2/c1-18-16-30(17-19-6-4-3-5-7-19)15-14-23(18)31(22-12-13-22)24(32)20-8-10-21(11-9-20)25(2,33)26(27,28)29/h3-11,18,22-23,33H,12-17H2,1-2H3/t18-,23-,25+/m1/s1. The number of likely N-dealkylation sites (tertiary alicyclic amines) is 1. The number of alkyl halides is 3. The van der Waals surface area contributed by atoms with Crippen LogP contribution in [0.2, 0.25) is 0 Å². The predicted molar refractivity (Wildman–Crippen MR) is 121 cm³/mol. The van der Waals surface area contributed by atoms with Crippen molar-refractivity contribution in [1.29, 1.82) is 0 Å². The number of rotatable bonds is 6. The summed E-state index contributed by atoms with van der Waals surface area (Å²) in [6.45, 7) is 5.58. The van der Waals surface area contributed by atoms with Gasteiger partial charge in [-0.3, -0.25) is 9.69 Å². The lowest BCUT2D eigenvalue weighted by Crippen LogP contribution is -2.52. The van der Waals surface area contributed by atoms with E-state index in [1.807, 2.05) is 23.1 Å². The average molecular weight is 461 g/mol. The monoisotopic (exact) mass is 460 g/mol. The van der Waals surface area contributed by atoms with Crippen LogP contribution in [0.3, 0.4) is 0 Å². The molecular weight excluding hydrogens is 429 g/mol. The van der Waals surface area contributed by atoms with Gasteiger partial charge in [0.2, 0.25) is 0 Å². The lowest BCUT2D eigenvalue weighted by Gasteiger charge is -2.43. The van der Waals surface area contributed by atoms with E-state index in [9.17, 15) is 23.1 Å². The van der Waals surface area contributed by atoms with Crippen LogP contribution in [0.1, 0.15) is 54.6 Å². The molecule has 4 rings (SSSR count). The zero-order valence-electron chi connectivity index (χ0n) is 19.1. The second-order valence-corrected chi connectivity index (χ2v) is 9.64. The first-order valence-corrected chi connectivity index (χ1v) is 11.6. The predicted octanol–water partition coefficient (Wildman–Crippen LogP) is 4.97. The average Bonchev–Trinajstić information content (AvgIpc) is 3.60. The van der Waals surface area contributed by atoms with E-state index in [0.717, 1.165) is 45.8 Å². The Hall–Kier alpha value is -2.38. The first-order valence-electron chi connectivity index (χ1n) is 11.6. The fourth-order valence-corrected chi connectivity index (χ4v) is 4.81. The first kappa shape index (κ1) is 23.8. The number of nitrogens with zero attached hydrogens (tertiary/aromatic N) is 2. The Labute approximate surface area is 193 Å². The van der Waals surface area contributed by atoms with Crippen molar-refractivity contribution in [2.24, 2.45) is 5.92 Å². The number of hydrogen-bond acceptors (Lipinski definition) is 3. The van der Waals surface area contributed by atoms with Crippen molar-refractivity contribution in [3.05, 3.63) is 71.3 Å². The number of carbonyl (C=O) groups is 1. The van der Waals surface area contributed by atoms with Crippen LogP contribution in [0.15, 0.2) is 54.6 Å². The molecule has 1 saturated carbocycles. The molecule has 3 atom stereocenters. The van der Waals surface area contributed by atoms with Gasteiger partial charge in [-0.1, -0.05) is 49.4 Å². The number of amides is 1. The fourth-order valence-electron chi connectivity index (χ4n) is 4.81. The molecule has 2 aromatic rings. The number of benzene rings is 2. The van der Waals surface area contributed by atoms with E-state index in [-0.39, 0.29) is 29.5 Å². The molecule has 0 bridgehead atoms. The zero-order valence-corrected chi connectivity index (χ0v) is 19.1. The fraction of sp³-hybridized carbons (Fsp3) is 0.500. The molecule has 1 saturated heterocycles. The summed E-state index contributed by atoms with van der Waals surface area (Å²) >= 11 is 0. The molecule has 7 heteroatoms. The number of hydrogen-bond donors (Lipinski definition) is 1. The minimum Gasteiger partial charge on any atom is -0.376 e. The van der Waals surface area contributed by atoms with E-state index < -0.39 is 11.8 Å². The highest BCUT2D eigenvalue weighted by Crippen LogP contribution is 2.39. The van der Waals surface area contributed by atoms with Crippen LogP contribution in [-0.4, -0.2) is 52.2 Å². The van der Waals surface area contributed by atoms with Gasteiger partial charge in [-0.15, -0.1) is 0 Å². The third kappa shape index (κ3) is 5.09. The van der Waals surface area contributed by atoms with Gasteiger partial charge >= 0.3 is 6.18 Å². The van der Waals surface area contributed by atoms with Gasteiger partial charge in [0, 0.05) is 37.3 Å². The van der Waals surface area contributed by atoms with Crippen molar-refractivity contribution in [1.82, 2.24) is 9.80 Å². The molecule has 178 valence electrons. The molecule has 1 aliphatic heterocycles. The van der Waals surface area contributed by atoms with Gasteiger partial charge in [0.15, 0.2) is 5.60 Å². The summed E-state index contributed by atoms with van der Waals surface area (Å²) in [5.74, 6) is 0.154. The number of carbonyl (C=O) groups excluding carboxylic acids is 1. The Morgan fingerprint density at radius 3 is 2.24 bits per heavy atom. The van der Waals surface area contributed by atoms with Crippen LogP contribution >= 0.6 is 0 Å². The third-order valence-corrected chi connectivity index (χ3v) is 6.97. The topological polar surface area (TPSA) is 43.8 Å². The summed E-state index contributed by atoms with van der Waals surface area (Å²) in [5, 5.41) is 9.90. The molecule has 0 aromatic heterocycles. The Morgan fingerprint density at radius 1 is 1.06 bits per heavy atom. The van der Waals surface area contributed by atoms with E-state index in [2.05, 4.69) is 24.0 Å². The van der Waals surface area contributed by atoms with Crippen molar-refractivity contribution < 1.29 is 23.1 Å². The van der Waals surface area contributed by atoms with Crippen molar-refractivity contribution in [2.45, 2.75) is 63.5 Å². The number of piperidine rings is 1. The van der Waals surface area contributed by atoms with E-state index in [1.54, 1.807) is 0 Å². The summed E-state index contributed by atoms with van der Waals surface area (Å²) in [5.41, 5.74) is -1.59. The highest BCUT2D eigenvalue weighted by molar-refractivity contribution is 5.95. The van der Waals surface area contributed by atoms with Crippen molar-refractivity contribution >= 4 is 5.91 Å². The Balaban J connectivity index is 1.46. The second kappa shape index (κ2) is 9.11. The lowest BCUT2D eigenvalue weighted by atomic mass is 9.90. The Bertz CT molecular complexity index is 956. The maximum Gasteiger partial charge on any atom is 0.421 e. The molecule has 2 aromatic carbocycles. The van der Waals surface area contributed by atoms with Gasteiger partial charge in [0.05, 0.1) is 0 Å². The Kier molecular flexibility index (Phi) is 6.56. The molecule has 33 heavy (non-hydrogen) atoms. The molecule has 2 aliphatic rings. The molecule has 4 nitrogen and oxygen atoms in total. The Morgan fingerprint density at radius 2 is 1.70 bits per heavy atom. The molecule has 2 fully saturated rings. The smallest absolute Gasteiger partial charge is 0.376 e. The van der Waals surface area contributed by atoms with Gasteiger partial charge in [0.1, 0.15) is 0 Å².